The normalized spacial score (nSPS) is 17.9. The molecule has 2 rings (SSSR count). The van der Waals surface area contributed by atoms with E-state index in [2.05, 4.69) is 32.6 Å². The van der Waals surface area contributed by atoms with Crippen LogP contribution in [0.15, 0.2) is 4.99 Å². The second kappa shape index (κ2) is 9.19. The molecule has 0 aliphatic carbocycles. The zero-order valence-electron chi connectivity index (χ0n) is 12.9. The Morgan fingerprint density at radius 1 is 1.52 bits per heavy atom. The van der Waals surface area contributed by atoms with Gasteiger partial charge in [0.25, 0.3) is 0 Å². The average molecular weight is 408 g/mol. The summed E-state index contributed by atoms with van der Waals surface area (Å²) in [5.74, 6) is 2.67. The first kappa shape index (κ1) is 18.1. The number of aromatic nitrogens is 3. The number of hydrogen-bond acceptors (Lipinski definition) is 4. The van der Waals surface area contributed by atoms with Crippen LogP contribution in [-0.2, 0) is 24.3 Å². The van der Waals surface area contributed by atoms with Crippen LogP contribution in [0.1, 0.15) is 31.4 Å². The number of rotatable bonds is 5. The molecule has 1 atom stereocenters. The van der Waals surface area contributed by atoms with Gasteiger partial charge in [-0.15, -0.1) is 24.0 Å². The SMILES string of the molecule is CCCNC(=NC)NC1CCc2nc(COC)nn2C1.I. The number of guanidine groups is 1. The summed E-state index contributed by atoms with van der Waals surface area (Å²) in [5, 5.41) is 11.2. The number of halogens is 1. The van der Waals surface area contributed by atoms with Gasteiger partial charge in [-0.25, -0.2) is 9.67 Å². The zero-order valence-corrected chi connectivity index (χ0v) is 15.3. The lowest BCUT2D eigenvalue weighted by molar-refractivity contribution is 0.177. The Morgan fingerprint density at radius 3 is 3.00 bits per heavy atom. The van der Waals surface area contributed by atoms with Crippen LogP contribution in [0.4, 0.5) is 0 Å². The van der Waals surface area contributed by atoms with Crippen LogP contribution in [-0.4, -0.2) is 47.5 Å². The molecular weight excluding hydrogens is 383 g/mol. The quantitative estimate of drug-likeness (QED) is 0.431. The van der Waals surface area contributed by atoms with Crippen molar-refractivity contribution in [2.75, 3.05) is 20.7 Å². The van der Waals surface area contributed by atoms with Crippen molar-refractivity contribution in [1.82, 2.24) is 25.4 Å². The topological polar surface area (TPSA) is 76.4 Å². The van der Waals surface area contributed by atoms with Crippen molar-refractivity contribution in [3.8, 4) is 0 Å². The lowest BCUT2D eigenvalue weighted by atomic mass is 10.1. The molecule has 0 bridgehead atoms. The highest BCUT2D eigenvalue weighted by Gasteiger charge is 2.22. The summed E-state index contributed by atoms with van der Waals surface area (Å²) in [6, 6.07) is 0.336. The average Bonchev–Trinajstić information content (AvgIpc) is 2.85. The van der Waals surface area contributed by atoms with Gasteiger partial charge in [0.2, 0.25) is 0 Å². The molecule has 0 spiro atoms. The fraction of sp³-hybridized carbons (Fsp3) is 0.769. The monoisotopic (exact) mass is 408 g/mol. The number of nitrogens with one attached hydrogen (secondary N) is 2. The molecule has 7 nitrogen and oxygen atoms in total. The van der Waals surface area contributed by atoms with Crippen LogP contribution < -0.4 is 10.6 Å². The molecule has 21 heavy (non-hydrogen) atoms. The van der Waals surface area contributed by atoms with Crippen molar-refractivity contribution in [1.29, 1.82) is 0 Å². The minimum Gasteiger partial charge on any atom is -0.377 e. The summed E-state index contributed by atoms with van der Waals surface area (Å²) in [6.07, 6.45) is 3.05. The molecule has 120 valence electrons. The van der Waals surface area contributed by atoms with Gasteiger partial charge in [-0.2, -0.15) is 5.10 Å². The maximum Gasteiger partial charge on any atom is 0.191 e. The first-order chi connectivity index (χ1) is 9.76. The first-order valence-electron chi connectivity index (χ1n) is 7.15. The third-order valence-corrected chi connectivity index (χ3v) is 3.28. The highest BCUT2D eigenvalue weighted by Crippen LogP contribution is 2.13. The van der Waals surface area contributed by atoms with Gasteiger partial charge in [-0.3, -0.25) is 4.99 Å². The van der Waals surface area contributed by atoms with Crippen molar-refractivity contribution < 1.29 is 4.74 Å². The number of aryl methyl sites for hydroxylation is 1. The van der Waals surface area contributed by atoms with Crippen molar-refractivity contribution in [3.05, 3.63) is 11.6 Å². The van der Waals surface area contributed by atoms with Gasteiger partial charge in [0.1, 0.15) is 12.4 Å². The molecule has 1 aromatic heterocycles. The smallest absolute Gasteiger partial charge is 0.191 e. The van der Waals surface area contributed by atoms with Crippen molar-refractivity contribution in [2.24, 2.45) is 4.99 Å². The second-order valence-electron chi connectivity index (χ2n) is 4.94. The molecule has 8 heteroatoms. The van der Waals surface area contributed by atoms with Crippen LogP contribution in [0, 0.1) is 0 Å². The highest BCUT2D eigenvalue weighted by atomic mass is 127. The zero-order chi connectivity index (χ0) is 14.4. The minimum absolute atomic E-state index is 0. The predicted octanol–water partition coefficient (Wildman–Crippen LogP) is 0.932. The van der Waals surface area contributed by atoms with E-state index in [1.54, 1.807) is 14.2 Å². The van der Waals surface area contributed by atoms with Crippen LogP contribution in [0.5, 0.6) is 0 Å². The molecule has 2 heterocycles. The number of aliphatic imine (C=N–C) groups is 1. The maximum absolute atomic E-state index is 5.08. The first-order valence-corrected chi connectivity index (χ1v) is 7.15. The Balaban J connectivity index is 0.00000220. The number of ether oxygens (including phenoxy) is 1. The molecule has 0 fully saturated rings. The van der Waals surface area contributed by atoms with Crippen molar-refractivity contribution in [2.45, 2.75) is 45.4 Å². The van der Waals surface area contributed by atoms with Crippen LogP contribution in [0.2, 0.25) is 0 Å². The Labute approximate surface area is 143 Å². The van der Waals surface area contributed by atoms with E-state index in [4.69, 9.17) is 4.74 Å². The Bertz CT molecular complexity index is 462. The largest absolute Gasteiger partial charge is 0.377 e. The van der Waals surface area contributed by atoms with Crippen LogP contribution in [0.3, 0.4) is 0 Å². The Hall–Kier alpha value is -0.900. The van der Waals surface area contributed by atoms with Crippen LogP contribution >= 0.6 is 24.0 Å². The third-order valence-electron chi connectivity index (χ3n) is 3.28. The molecule has 0 amide bonds. The van der Waals surface area contributed by atoms with Gasteiger partial charge < -0.3 is 15.4 Å². The fourth-order valence-electron chi connectivity index (χ4n) is 2.30. The number of nitrogens with zero attached hydrogens (tertiary/aromatic N) is 4. The number of hydrogen-bond donors (Lipinski definition) is 2. The third kappa shape index (κ3) is 5.10. The molecule has 1 aliphatic heterocycles. The predicted molar refractivity (Wildman–Crippen MR) is 93.0 cm³/mol. The molecule has 0 saturated carbocycles. The van der Waals surface area contributed by atoms with Gasteiger partial charge in [0, 0.05) is 33.2 Å². The van der Waals surface area contributed by atoms with Crippen LogP contribution in [0.25, 0.3) is 0 Å². The van der Waals surface area contributed by atoms with Gasteiger partial charge in [-0.05, 0) is 12.8 Å². The van der Waals surface area contributed by atoms with E-state index < -0.39 is 0 Å². The van der Waals surface area contributed by atoms with Crippen molar-refractivity contribution in [3.63, 3.8) is 0 Å². The molecule has 0 saturated heterocycles. The summed E-state index contributed by atoms with van der Waals surface area (Å²) < 4.78 is 7.05. The van der Waals surface area contributed by atoms with E-state index in [9.17, 15) is 0 Å². The molecule has 0 radical (unpaired) electrons. The lowest BCUT2D eigenvalue weighted by Crippen LogP contribution is -2.47. The Kier molecular flexibility index (Phi) is 7.94. The van der Waals surface area contributed by atoms with Crippen molar-refractivity contribution >= 4 is 29.9 Å². The van der Waals surface area contributed by atoms with E-state index in [-0.39, 0.29) is 24.0 Å². The van der Waals surface area contributed by atoms with E-state index in [0.717, 1.165) is 50.0 Å². The molecule has 2 N–H and O–H groups in total. The van der Waals surface area contributed by atoms with Gasteiger partial charge >= 0.3 is 0 Å². The maximum atomic E-state index is 5.08. The lowest BCUT2D eigenvalue weighted by Gasteiger charge is -2.25. The van der Waals surface area contributed by atoms with E-state index >= 15 is 0 Å². The summed E-state index contributed by atoms with van der Waals surface area (Å²) in [6.45, 7) is 4.36. The molecule has 1 aliphatic rings. The molecule has 0 aromatic carbocycles. The van der Waals surface area contributed by atoms with E-state index in [1.807, 2.05) is 4.68 Å². The van der Waals surface area contributed by atoms with Gasteiger partial charge in [0.15, 0.2) is 11.8 Å². The second-order valence-corrected chi connectivity index (χ2v) is 4.94. The highest BCUT2D eigenvalue weighted by molar-refractivity contribution is 14.0. The van der Waals surface area contributed by atoms with E-state index in [1.165, 1.54) is 0 Å². The molecular formula is C13H25IN6O. The summed E-state index contributed by atoms with van der Waals surface area (Å²) in [4.78, 5) is 8.72. The molecule has 1 aromatic rings. The molecule has 1 unspecified atom stereocenters. The van der Waals surface area contributed by atoms with E-state index in [0.29, 0.717) is 12.6 Å². The Morgan fingerprint density at radius 2 is 2.33 bits per heavy atom. The summed E-state index contributed by atoms with van der Waals surface area (Å²) in [5.41, 5.74) is 0. The minimum atomic E-state index is 0. The van der Waals surface area contributed by atoms with Gasteiger partial charge in [-0.1, -0.05) is 6.92 Å². The number of methoxy groups -OCH3 is 1. The summed E-state index contributed by atoms with van der Waals surface area (Å²) >= 11 is 0. The number of fused-ring (bicyclic) bond motifs is 1. The van der Waals surface area contributed by atoms with Gasteiger partial charge in [0.05, 0.1) is 6.54 Å². The fourth-order valence-corrected chi connectivity index (χ4v) is 2.30. The standard InChI is InChI=1S/C13H24N6O.HI/c1-4-7-15-13(14-2)16-10-5-6-12-17-11(9-20-3)18-19(12)8-10;/h10H,4-9H2,1-3H3,(H2,14,15,16);1H. The summed E-state index contributed by atoms with van der Waals surface area (Å²) in [7, 11) is 3.46.